The first-order chi connectivity index (χ1) is 9.99. The standard InChI is InChI=1S/C15H20N2O/c1-17-7-5-11(6-8-17)14-10-16-15-4-3-12(18-2)9-13(14)15/h3-4,9-11,16H,5-8H2,1-2H3/i1D3. The Balaban J connectivity index is 1.82. The SMILES string of the molecule is [2H]C([2H])([2H])N1CCC(c2c[nH]c3ccc(OC)cc23)CC1. The third kappa shape index (κ3) is 1.99. The van der Waals surface area contributed by atoms with Gasteiger partial charge in [0.1, 0.15) is 5.75 Å². The molecule has 1 fully saturated rings. The lowest BCUT2D eigenvalue weighted by atomic mass is 9.89. The van der Waals surface area contributed by atoms with Gasteiger partial charge in [-0.2, -0.15) is 0 Å². The first kappa shape index (κ1) is 8.59. The van der Waals surface area contributed by atoms with Crippen LogP contribution in [0.25, 0.3) is 10.9 Å². The lowest BCUT2D eigenvalue weighted by Crippen LogP contribution is -2.29. The molecule has 3 rings (SSSR count). The summed E-state index contributed by atoms with van der Waals surface area (Å²) in [6.45, 7) is -0.718. The minimum atomic E-state index is -1.96. The third-order valence-electron chi connectivity index (χ3n) is 3.86. The Hall–Kier alpha value is -1.48. The second-order valence-electron chi connectivity index (χ2n) is 4.92. The van der Waals surface area contributed by atoms with E-state index in [1.54, 1.807) is 12.0 Å². The maximum absolute atomic E-state index is 7.49. The van der Waals surface area contributed by atoms with Crippen molar-refractivity contribution < 1.29 is 8.85 Å². The molecule has 0 amide bonds. The number of nitrogens with one attached hydrogen (secondary N) is 1. The largest absolute Gasteiger partial charge is 0.497 e. The lowest BCUT2D eigenvalue weighted by Gasteiger charge is -2.28. The zero-order valence-corrected chi connectivity index (χ0v) is 10.6. The summed E-state index contributed by atoms with van der Waals surface area (Å²) in [5, 5.41) is 1.18. The van der Waals surface area contributed by atoms with E-state index in [4.69, 9.17) is 8.85 Å². The Morgan fingerprint density at radius 3 is 2.94 bits per heavy atom. The molecule has 1 saturated heterocycles. The van der Waals surface area contributed by atoms with Gasteiger partial charge < -0.3 is 14.6 Å². The van der Waals surface area contributed by atoms with Crippen LogP contribution in [0.1, 0.15) is 28.4 Å². The molecule has 3 nitrogen and oxygen atoms in total. The Morgan fingerprint density at radius 2 is 2.22 bits per heavy atom. The molecule has 0 saturated carbocycles. The van der Waals surface area contributed by atoms with Gasteiger partial charge in [0.2, 0.25) is 0 Å². The molecule has 18 heavy (non-hydrogen) atoms. The van der Waals surface area contributed by atoms with E-state index >= 15 is 0 Å². The molecule has 1 N–H and O–H groups in total. The van der Waals surface area contributed by atoms with Crippen LogP contribution in [0.5, 0.6) is 5.75 Å². The number of piperidine rings is 1. The number of likely N-dealkylation sites (tertiary alicyclic amines) is 1. The summed E-state index contributed by atoms with van der Waals surface area (Å²) in [7, 11) is 1.67. The van der Waals surface area contributed by atoms with Gasteiger partial charge in [0.15, 0.2) is 0 Å². The van der Waals surface area contributed by atoms with Crippen LogP contribution in [0.15, 0.2) is 24.4 Å². The smallest absolute Gasteiger partial charge is 0.119 e. The molecule has 1 aliphatic rings. The van der Waals surface area contributed by atoms with E-state index in [1.807, 2.05) is 12.1 Å². The molecule has 0 aliphatic carbocycles. The number of H-pyrrole nitrogens is 1. The fraction of sp³-hybridized carbons (Fsp3) is 0.467. The van der Waals surface area contributed by atoms with Gasteiger partial charge in [0, 0.05) is 21.2 Å². The monoisotopic (exact) mass is 247 g/mol. The van der Waals surface area contributed by atoms with Crippen molar-refractivity contribution in [1.82, 2.24) is 9.88 Å². The average Bonchev–Trinajstić information content (AvgIpc) is 2.89. The van der Waals surface area contributed by atoms with E-state index in [-0.39, 0.29) is 0 Å². The molecule has 1 aromatic carbocycles. The number of benzene rings is 1. The van der Waals surface area contributed by atoms with Crippen LogP contribution in [-0.4, -0.2) is 37.1 Å². The molecule has 0 atom stereocenters. The van der Waals surface area contributed by atoms with E-state index in [2.05, 4.69) is 17.2 Å². The van der Waals surface area contributed by atoms with Crippen LogP contribution >= 0.6 is 0 Å². The molecular weight excluding hydrogens is 224 g/mol. The second-order valence-corrected chi connectivity index (χ2v) is 4.92. The highest BCUT2D eigenvalue weighted by Crippen LogP contribution is 2.34. The summed E-state index contributed by atoms with van der Waals surface area (Å²) in [6, 6.07) is 6.02. The normalized spacial score (nSPS) is 21.5. The van der Waals surface area contributed by atoms with Crippen molar-refractivity contribution in [3.05, 3.63) is 30.0 Å². The van der Waals surface area contributed by atoms with Gasteiger partial charge in [0.25, 0.3) is 0 Å². The maximum Gasteiger partial charge on any atom is 0.119 e. The first-order valence-electron chi connectivity index (χ1n) is 7.89. The van der Waals surface area contributed by atoms with Crippen molar-refractivity contribution in [2.45, 2.75) is 18.8 Å². The number of rotatable bonds is 2. The number of fused-ring (bicyclic) bond motifs is 1. The first-order valence-corrected chi connectivity index (χ1v) is 6.39. The van der Waals surface area contributed by atoms with Crippen LogP contribution in [0, 0.1) is 0 Å². The molecule has 0 bridgehead atoms. The van der Waals surface area contributed by atoms with Crippen molar-refractivity contribution >= 4 is 10.9 Å². The zero-order valence-electron chi connectivity index (χ0n) is 13.6. The number of methoxy groups -OCH3 is 1. The van der Waals surface area contributed by atoms with Gasteiger partial charge in [-0.3, -0.25) is 0 Å². The summed E-state index contributed by atoms with van der Waals surface area (Å²) < 4.78 is 27.8. The molecule has 0 radical (unpaired) electrons. The molecule has 0 spiro atoms. The molecule has 2 aromatic rings. The molecular formula is C15H20N2O. The molecule has 2 heterocycles. The highest BCUT2D eigenvalue weighted by Gasteiger charge is 2.21. The maximum atomic E-state index is 7.49. The molecule has 3 heteroatoms. The van der Waals surface area contributed by atoms with Crippen molar-refractivity contribution in [1.29, 1.82) is 0 Å². The summed E-state index contributed by atoms with van der Waals surface area (Å²) in [5.41, 5.74) is 2.37. The predicted molar refractivity (Wildman–Crippen MR) is 74.3 cm³/mol. The average molecular weight is 247 g/mol. The number of hydrogen-bond donors (Lipinski definition) is 1. The lowest BCUT2D eigenvalue weighted by molar-refractivity contribution is 0.256. The fourth-order valence-electron chi connectivity index (χ4n) is 2.78. The minimum Gasteiger partial charge on any atom is -0.497 e. The quantitative estimate of drug-likeness (QED) is 0.883. The van der Waals surface area contributed by atoms with E-state index in [0.29, 0.717) is 19.0 Å². The summed E-state index contributed by atoms with van der Waals surface area (Å²) in [5.74, 6) is 1.26. The van der Waals surface area contributed by atoms with E-state index in [9.17, 15) is 0 Å². The van der Waals surface area contributed by atoms with Gasteiger partial charge in [-0.25, -0.2) is 0 Å². The van der Waals surface area contributed by atoms with Crippen LogP contribution in [0.4, 0.5) is 0 Å². The van der Waals surface area contributed by atoms with E-state index < -0.39 is 6.98 Å². The van der Waals surface area contributed by atoms with E-state index in [1.165, 1.54) is 10.9 Å². The fourth-order valence-corrected chi connectivity index (χ4v) is 2.78. The Labute approximate surface area is 112 Å². The summed E-state index contributed by atoms with van der Waals surface area (Å²) in [6.07, 6.45) is 3.81. The highest BCUT2D eigenvalue weighted by atomic mass is 16.5. The van der Waals surface area contributed by atoms with Crippen LogP contribution in [0.2, 0.25) is 0 Å². The topological polar surface area (TPSA) is 28.3 Å². The zero-order chi connectivity index (χ0) is 15.0. The van der Waals surface area contributed by atoms with Gasteiger partial charge in [0.05, 0.1) is 7.11 Å². The van der Waals surface area contributed by atoms with Crippen LogP contribution in [0.3, 0.4) is 0 Å². The molecule has 1 aliphatic heterocycles. The second kappa shape index (κ2) is 4.65. The van der Waals surface area contributed by atoms with Crippen molar-refractivity contribution in [3.63, 3.8) is 0 Å². The predicted octanol–water partition coefficient (Wildman–Crippen LogP) is 2.99. The Morgan fingerprint density at radius 1 is 1.39 bits per heavy atom. The van der Waals surface area contributed by atoms with Gasteiger partial charge in [-0.05, 0) is 62.6 Å². The van der Waals surface area contributed by atoms with Crippen LogP contribution in [-0.2, 0) is 0 Å². The van der Waals surface area contributed by atoms with E-state index in [0.717, 1.165) is 24.1 Å². The Bertz CT molecular complexity index is 627. The van der Waals surface area contributed by atoms with Crippen LogP contribution < -0.4 is 4.74 Å². The van der Waals surface area contributed by atoms with Gasteiger partial charge in [-0.1, -0.05) is 0 Å². The van der Waals surface area contributed by atoms with Crippen molar-refractivity contribution in [2.24, 2.45) is 0 Å². The molecule has 1 aromatic heterocycles. The highest BCUT2D eigenvalue weighted by molar-refractivity contribution is 5.85. The molecule has 0 unspecified atom stereocenters. The molecule has 96 valence electrons. The van der Waals surface area contributed by atoms with Gasteiger partial charge >= 0.3 is 0 Å². The number of nitrogens with zero attached hydrogens (tertiary/aromatic N) is 1. The number of aromatic nitrogens is 1. The van der Waals surface area contributed by atoms with Gasteiger partial charge in [-0.15, -0.1) is 0 Å². The van der Waals surface area contributed by atoms with Crippen molar-refractivity contribution in [3.8, 4) is 5.75 Å². The van der Waals surface area contributed by atoms with Crippen molar-refractivity contribution in [2.75, 3.05) is 27.2 Å². The Kier molecular flexibility index (Phi) is 2.22. The minimum absolute atomic E-state index is 0.407. The number of aromatic amines is 1. The number of ether oxygens (including phenoxy) is 1. The number of hydrogen-bond acceptors (Lipinski definition) is 2. The third-order valence-corrected chi connectivity index (χ3v) is 3.86. The summed E-state index contributed by atoms with van der Waals surface area (Å²) in [4.78, 5) is 4.89. The summed E-state index contributed by atoms with van der Waals surface area (Å²) >= 11 is 0.